The number of amides is 1. The number of ether oxygens (including phenoxy) is 4. The van der Waals surface area contributed by atoms with Gasteiger partial charge in [0.2, 0.25) is 11.0 Å². The van der Waals surface area contributed by atoms with Crippen LogP contribution < -0.4 is 4.90 Å². The van der Waals surface area contributed by atoms with E-state index in [-0.39, 0.29) is 16.0 Å². The lowest BCUT2D eigenvalue weighted by molar-refractivity contribution is -0.190. The number of aromatic nitrogens is 2. The second-order valence-electron chi connectivity index (χ2n) is 7.17. The normalized spacial score (nSPS) is 13.1. The third kappa shape index (κ3) is 8.14. The van der Waals surface area contributed by atoms with E-state index in [0.717, 1.165) is 39.0 Å². The van der Waals surface area contributed by atoms with Crippen LogP contribution in [0.2, 0.25) is 0 Å². The molecule has 2 aromatic rings. The fourth-order valence-electron chi connectivity index (χ4n) is 3.01. The van der Waals surface area contributed by atoms with Gasteiger partial charge in [-0.1, -0.05) is 29.5 Å². The number of benzene rings is 1. The molecule has 12 nitrogen and oxygen atoms in total. The molecule has 188 valence electrons. The molecular weight excluding hydrogens is 482 g/mol. The van der Waals surface area contributed by atoms with Crippen LogP contribution in [0.25, 0.3) is 0 Å². The number of hydrogen-bond donors (Lipinski definition) is 0. The first-order valence-corrected chi connectivity index (χ1v) is 11.1. The number of carbonyl (C=O) groups excluding carboxylic acids is 5. The highest BCUT2D eigenvalue weighted by molar-refractivity contribution is 7.15. The molecule has 0 radical (unpaired) electrons. The summed E-state index contributed by atoms with van der Waals surface area (Å²) in [5.74, 6) is -3.33. The molecular formula is C22H25N3O9S. The Balaban J connectivity index is 2.53. The van der Waals surface area contributed by atoms with E-state index in [1.165, 1.54) is 11.8 Å². The lowest BCUT2D eigenvalue weighted by atomic mass is 10.1. The molecule has 0 saturated heterocycles. The summed E-state index contributed by atoms with van der Waals surface area (Å²) in [6, 6.07) is 8.66. The second kappa shape index (κ2) is 12.6. The zero-order chi connectivity index (χ0) is 26.1. The molecule has 0 aliphatic carbocycles. The van der Waals surface area contributed by atoms with Gasteiger partial charge in [-0.25, -0.2) is 0 Å². The Morgan fingerprint density at radius 1 is 0.829 bits per heavy atom. The van der Waals surface area contributed by atoms with Gasteiger partial charge in [0.25, 0.3) is 0 Å². The predicted octanol–water partition coefficient (Wildman–Crippen LogP) is 2.25. The van der Waals surface area contributed by atoms with E-state index in [9.17, 15) is 24.0 Å². The standard InChI is InChI=1S/C22H25N3O9S/c1-12(26)25(17-9-7-6-8-10-17)22-24-23-21(35-22)20(34-16(5)30)19(33-15(4)29)18(32-14(3)28)11-31-13(2)27/h6-10,18-20H,11H2,1-5H3/t18-,19-,20+/m1/s1. The Hall–Kier alpha value is -3.87. The van der Waals surface area contributed by atoms with E-state index >= 15 is 0 Å². The van der Waals surface area contributed by atoms with Crippen LogP contribution in [0.1, 0.15) is 45.7 Å². The zero-order valence-electron chi connectivity index (χ0n) is 19.8. The topological polar surface area (TPSA) is 151 Å². The molecule has 0 saturated carbocycles. The first kappa shape index (κ1) is 27.4. The summed E-state index contributed by atoms with van der Waals surface area (Å²) in [6.45, 7) is 5.34. The molecule has 2 rings (SSSR count). The van der Waals surface area contributed by atoms with Crippen molar-refractivity contribution in [1.29, 1.82) is 0 Å². The van der Waals surface area contributed by atoms with E-state index in [0.29, 0.717) is 5.69 Å². The van der Waals surface area contributed by atoms with E-state index in [1.54, 1.807) is 30.3 Å². The predicted molar refractivity (Wildman–Crippen MR) is 121 cm³/mol. The maximum Gasteiger partial charge on any atom is 0.303 e. The minimum absolute atomic E-state index is 0.0450. The molecule has 0 fully saturated rings. The smallest absolute Gasteiger partial charge is 0.303 e. The van der Waals surface area contributed by atoms with Crippen LogP contribution in [0.4, 0.5) is 10.8 Å². The minimum Gasteiger partial charge on any atom is -0.462 e. The SMILES string of the molecule is CC(=O)OC[C@@H](OC(C)=O)[C@@H](OC(C)=O)[C@H](OC(C)=O)c1nnc(N(C(C)=O)c2ccccc2)s1. The average Bonchev–Trinajstić information content (AvgIpc) is 3.23. The molecule has 1 heterocycles. The van der Waals surface area contributed by atoms with E-state index in [1.807, 2.05) is 0 Å². The molecule has 0 aliphatic rings. The highest BCUT2D eigenvalue weighted by atomic mass is 32.1. The monoisotopic (exact) mass is 507 g/mol. The van der Waals surface area contributed by atoms with Gasteiger partial charge in [-0.3, -0.25) is 28.9 Å². The van der Waals surface area contributed by atoms with Gasteiger partial charge in [0.1, 0.15) is 6.61 Å². The highest BCUT2D eigenvalue weighted by Crippen LogP contribution is 2.35. The number of para-hydroxylation sites is 1. The van der Waals surface area contributed by atoms with E-state index in [4.69, 9.17) is 18.9 Å². The van der Waals surface area contributed by atoms with E-state index in [2.05, 4.69) is 10.2 Å². The molecule has 0 unspecified atom stereocenters. The van der Waals surface area contributed by atoms with Crippen molar-refractivity contribution < 1.29 is 42.9 Å². The number of nitrogens with zero attached hydrogens (tertiary/aromatic N) is 3. The lowest BCUT2D eigenvalue weighted by Gasteiger charge is -2.30. The summed E-state index contributed by atoms with van der Waals surface area (Å²) < 4.78 is 20.9. The summed E-state index contributed by atoms with van der Waals surface area (Å²) in [7, 11) is 0. The van der Waals surface area contributed by atoms with Crippen molar-refractivity contribution in [3.05, 3.63) is 35.3 Å². The number of carbonyl (C=O) groups is 5. The lowest BCUT2D eigenvalue weighted by Crippen LogP contribution is -2.43. The molecule has 1 aromatic heterocycles. The van der Waals surface area contributed by atoms with Gasteiger partial charge >= 0.3 is 23.9 Å². The van der Waals surface area contributed by atoms with Crippen LogP contribution in [-0.2, 0) is 42.9 Å². The Labute approximate surface area is 205 Å². The fraction of sp³-hybridized carbons (Fsp3) is 0.409. The Morgan fingerprint density at radius 2 is 1.43 bits per heavy atom. The van der Waals surface area contributed by atoms with Crippen molar-refractivity contribution in [2.24, 2.45) is 0 Å². The molecule has 1 aromatic carbocycles. The highest BCUT2D eigenvalue weighted by Gasteiger charge is 2.41. The third-order valence-corrected chi connectivity index (χ3v) is 5.19. The minimum atomic E-state index is -1.44. The van der Waals surface area contributed by atoms with Crippen LogP contribution in [0, 0.1) is 0 Å². The maximum atomic E-state index is 12.4. The van der Waals surface area contributed by atoms with Crippen molar-refractivity contribution in [2.75, 3.05) is 11.5 Å². The Morgan fingerprint density at radius 3 is 1.94 bits per heavy atom. The third-order valence-electron chi connectivity index (χ3n) is 4.22. The molecule has 0 spiro atoms. The number of hydrogen-bond acceptors (Lipinski definition) is 12. The molecule has 0 aliphatic heterocycles. The summed E-state index contributed by atoms with van der Waals surface area (Å²) in [5, 5.41) is 8.29. The quantitative estimate of drug-likeness (QED) is 0.344. The molecule has 0 N–H and O–H groups in total. The molecule has 0 bridgehead atoms. The number of anilines is 2. The molecule has 3 atom stereocenters. The van der Waals surface area contributed by atoms with Gasteiger partial charge in [0.15, 0.2) is 23.3 Å². The maximum absolute atomic E-state index is 12.4. The summed E-state index contributed by atoms with van der Waals surface area (Å²) in [6.07, 6.45) is -4.18. The van der Waals surface area contributed by atoms with Crippen LogP contribution >= 0.6 is 11.3 Å². The summed E-state index contributed by atoms with van der Waals surface area (Å²) in [5.41, 5.74) is 0.524. The molecule has 35 heavy (non-hydrogen) atoms. The van der Waals surface area contributed by atoms with Gasteiger partial charge < -0.3 is 18.9 Å². The van der Waals surface area contributed by atoms with Crippen molar-refractivity contribution >= 4 is 51.9 Å². The summed E-state index contributed by atoms with van der Waals surface area (Å²) >= 11 is 0.896. The molecule has 1 amide bonds. The Kier molecular flexibility index (Phi) is 9.82. The van der Waals surface area contributed by atoms with Gasteiger partial charge in [0, 0.05) is 34.6 Å². The van der Waals surface area contributed by atoms with Crippen LogP contribution in [0.3, 0.4) is 0 Å². The van der Waals surface area contributed by atoms with Crippen molar-refractivity contribution in [3.63, 3.8) is 0 Å². The summed E-state index contributed by atoms with van der Waals surface area (Å²) in [4.78, 5) is 60.6. The number of rotatable bonds is 10. The number of esters is 4. The van der Waals surface area contributed by atoms with Gasteiger partial charge in [-0.15, -0.1) is 10.2 Å². The second-order valence-corrected chi connectivity index (χ2v) is 8.15. The van der Waals surface area contributed by atoms with Gasteiger partial charge in [0.05, 0.1) is 5.69 Å². The Bertz CT molecular complexity index is 1070. The van der Waals surface area contributed by atoms with Crippen LogP contribution in [0.15, 0.2) is 30.3 Å². The van der Waals surface area contributed by atoms with Crippen molar-refractivity contribution in [1.82, 2.24) is 10.2 Å². The van der Waals surface area contributed by atoms with Crippen molar-refractivity contribution in [3.8, 4) is 0 Å². The van der Waals surface area contributed by atoms with Gasteiger partial charge in [-0.2, -0.15) is 0 Å². The first-order chi connectivity index (χ1) is 16.5. The van der Waals surface area contributed by atoms with Crippen molar-refractivity contribution in [2.45, 2.75) is 52.9 Å². The largest absolute Gasteiger partial charge is 0.462 e. The average molecular weight is 508 g/mol. The van der Waals surface area contributed by atoms with E-state index < -0.39 is 48.8 Å². The van der Waals surface area contributed by atoms with Crippen LogP contribution in [-0.4, -0.2) is 58.8 Å². The zero-order valence-corrected chi connectivity index (χ0v) is 20.6. The fourth-order valence-corrected chi connectivity index (χ4v) is 3.98. The first-order valence-electron chi connectivity index (χ1n) is 10.3. The molecule has 13 heteroatoms. The van der Waals surface area contributed by atoms with Crippen LogP contribution in [0.5, 0.6) is 0 Å². The van der Waals surface area contributed by atoms with Gasteiger partial charge in [-0.05, 0) is 12.1 Å².